The molecule has 138 valence electrons. The molecule has 0 heterocycles. The zero-order valence-corrected chi connectivity index (χ0v) is 16.3. The van der Waals surface area contributed by atoms with Gasteiger partial charge in [-0.3, -0.25) is 0 Å². The number of benzene rings is 3. The van der Waals surface area contributed by atoms with Gasteiger partial charge in [-0.25, -0.2) is 9.18 Å². The Kier molecular flexibility index (Phi) is 6.61. The summed E-state index contributed by atoms with van der Waals surface area (Å²) in [5.41, 5.74) is 1.32. The van der Waals surface area contributed by atoms with Gasteiger partial charge in [0.15, 0.2) is 0 Å². The third-order valence-corrected chi connectivity index (χ3v) is 5.36. The van der Waals surface area contributed by atoms with Crippen LogP contribution in [0.25, 0.3) is 0 Å². The van der Waals surface area contributed by atoms with Crippen molar-refractivity contribution in [2.75, 3.05) is 5.32 Å². The van der Waals surface area contributed by atoms with Crippen LogP contribution in [0.3, 0.4) is 0 Å². The number of anilines is 1. The Labute approximate surface area is 170 Å². The SMILES string of the molecule is O=C(NCc1c(Cl)cccc1Sc1ccc(Cl)cc1)Nc1ccc(F)cc1. The highest BCUT2D eigenvalue weighted by Crippen LogP contribution is 2.34. The zero-order valence-electron chi connectivity index (χ0n) is 14.0. The third kappa shape index (κ3) is 5.63. The van der Waals surface area contributed by atoms with E-state index in [0.717, 1.165) is 15.4 Å². The van der Waals surface area contributed by atoms with Crippen molar-refractivity contribution in [2.45, 2.75) is 16.3 Å². The van der Waals surface area contributed by atoms with Crippen LogP contribution in [0.5, 0.6) is 0 Å². The number of amides is 2. The number of carbonyl (C=O) groups is 1. The molecule has 3 nitrogen and oxygen atoms in total. The summed E-state index contributed by atoms with van der Waals surface area (Å²) in [6, 6.07) is 18.2. The van der Waals surface area contributed by atoms with Gasteiger partial charge >= 0.3 is 6.03 Å². The van der Waals surface area contributed by atoms with Crippen molar-refractivity contribution in [3.8, 4) is 0 Å². The summed E-state index contributed by atoms with van der Waals surface area (Å²) in [6.45, 7) is 0.253. The summed E-state index contributed by atoms with van der Waals surface area (Å²) in [5, 5.41) is 6.67. The van der Waals surface area contributed by atoms with Gasteiger partial charge in [0.25, 0.3) is 0 Å². The lowest BCUT2D eigenvalue weighted by Crippen LogP contribution is -2.28. The molecule has 3 aromatic rings. The van der Waals surface area contributed by atoms with Crippen LogP contribution in [0, 0.1) is 5.82 Å². The quantitative estimate of drug-likeness (QED) is 0.487. The van der Waals surface area contributed by atoms with Crippen molar-refractivity contribution >= 4 is 46.7 Å². The number of halogens is 3. The number of nitrogens with one attached hydrogen (secondary N) is 2. The van der Waals surface area contributed by atoms with Gasteiger partial charge in [-0.05, 0) is 60.7 Å². The molecule has 0 fully saturated rings. The second-order valence-electron chi connectivity index (χ2n) is 5.59. The van der Waals surface area contributed by atoms with E-state index in [4.69, 9.17) is 23.2 Å². The van der Waals surface area contributed by atoms with Gasteiger partial charge < -0.3 is 10.6 Å². The highest BCUT2D eigenvalue weighted by atomic mass is 35.5. The summed E-state index contributed by atoms with van der Waals surface area (Å²) >= 11 is 13.8. The van der Waals surface area contributed by atoms with Gasteiger partial charge in [-0.2, -0.15) is 0 Å². The maximum Gasteiger partial charge on any atom is 0.319 e. The van der Waals surface area contributed by atoms with Gasteiger partial charge in [-0.1, -0.05) is 41.0 Å². The van der Waals surface area contributed by atoms with Gasteiger partial charge in [0.2, 0.25) is 0 Å². The molecule has 0 aliphatic heterocycles. The Hall–Kier alpha value is -2.21. The van der Waals surface area contributed by atoms with Crippen LogP contribution in [-0.4, -0.2) is 6.03 Å². The van der Waals surface area contributed by atoms with Crippen LogP contribution in [-0.2, 0) is 6.54 Å². The molecule has 0 aliphatic carbocycles. The van der Waals surface area contributed by atoms with E-state index in [1.54, 1.807) is 6.07 Å². The Morgan fingerprint density at radius 1 is 0.963 bits per heavy atom. The fraction of sp³-hybridized carbons (Fsp3) is 0.0500. The molecule has 2 N–H and O–H groups in total. The molecule has 0 unspecified atom stereocenters. The smallest absolute Gasteiger partial charge is 0.319 e. The van der Waals surface area contributed by atoms with E-state index in [1.165, 1.54) is 36.0 Å². The van der Waals surface area contributed by atoms with Crippen LogP contribution in [0.4, 0.5) is 14.9 Å². The first-order chi connectivity index (χ1) is 13.0. The van der Waals surface area contributed by atoms with E-state index in [9.17, 15) is 9.18 Å². The Balaban J connectivity index is 1.67. The van der Waals surface area contributed by atoms with Gasteiger partial charge in [0, 0.05) is 37.6 Å². The number of rotatable bonds is 5. The second kappa shape index (κ2) is 9.13. The fourth-order valence-electron chi connectivity index (χ4n) is 2.31. The molecule has 27 heavy (non-hydrogen) atoms. The van der Waals surface area contributed by atoms with E-state index in [0.29, 0.717) is 15.7 Å². The van der Waals surface area contributed by atoms with Crippen molar-refractivity contribution in [1.82, 2.24) is 5.32 Å². The maximum atomic E-state index is 12.9. The molecule has 2 amide bonds. The van der Waals surface area contributed by atoms with E-state index in [1.807, 2.05) is 36.4 Å². The average molecular weight is 421 g/mol. The Bertz CT molecular complexity index is 934. The molecule has 7 heteroatoms. The van der Waals surface area contributed by atoms with E-state index < -0.39 is 6.03 Å². The van der Waals surface area contributed by atoms with E-state index in [2.05, 4.69) is 10.6 Å². The molecule has 0 radical (unpaired) electrons. The first-order valence-corrected chi connectivity index (χ1v) is 9.60. The second-order valence-corrected chi connectivity index (χ2v) is 7.55. The van der Waals surface area contributed by atoms with Crippen LogP contribution in [0.15, 0.2) is 76.5 Å². The molecule has 0 saturated carbocycles. The largest absolute Gasteiger partial charge is 0.334 e. The van der Waals surface area contributed by atoms with Gasteiger partial charge in [0.1, 0.15) is 5.82 Å². The number of carbonyl (C=O) groups excluding carboxylic acids is 1. The maximum absolute atomic E-state index is 12.9. The molecule has 3 aromatic carbocycles. The lowest BCUT2D eigenvalue weighted by atomic mass is 10.2. The van der Waals surface area contributed by atoms with Gasteiger partial charge in [-0.15, -0.1) is 0 Å². The molecule has 0 atom stereocenters. The molecular formula is C20H15Cl2FN2OS. The molecule has 0 aromatic heterocycles. The molecule has 3 rings (SSSR count). The van der Waals surface area contributed by atoms with Crippen molar-refractivity contribution in [2.24, 2.45) is 0 Å². The summed E-state index contributed by atoms with van der Waals surface area (Å²) in [6.07, 6.45) is 0. The predicted molar refractivity (Wildman–Crippen MR) is 109 cm³/mol. The first kappa shape index (κ1) is 19.5. The van der Waals surface area contributed by atoms with Crippen LogP contribution in [0.1, 0.15) is 5.56 Å². The zero-order chi connectivity index (χ0) is 19.2. The first-order valence-electron chi connectivity index (χ1n) is 8.02. The Morgan fingerprint density at radius 3 is 2.37 bits per heavy atom. The minimum atomic E-state index is -0.399. The lowest BCUT2D eigenvalue weighted by molar-refractivity contribution is 0.251. The Morgan fingerprint density at radius 2 is 1.67 bits per heavy atom. The topological polar surface area (TPSA) is 41.1 Å². The van der Waals surface area contributed by atoms with Crippen molar-refractivity contribution in [3.63, 3.8) is 0 Å². The van der Waals surface area contributed by atoms with Crippen LogP contribution in [0.2, 0.25) is 10.0 Å². The van der Waals surface area contributed by atoms with Crippen molar-refractivity contribution < 1.29 is 9.18 Å². The van der Waals surface area contributed by atoms with Crippen molar-refractivity contribution in [3.05, 3.63) is 88.2 Å². The number of hydrogen-bond donors (Lipinski definition) is 2. The summed E-state index contributed by atoms with van der Waals surface area (Å²) in [7, 11) is 0. The summed E-state index contributed by atoms with van der Waals surface area (Å²) < 4.78 is 12.9. The molecule has 0 spiro atoms. The molecule has 0 saturated heterocycles. The monoisotopic (exact) mass is 420 g/mol. The standard InChI is InChI=1S/C20H15Cl2FN2OS/c21-13-4-10-16(11-5-13)27-19-3-1-2-18(22)17(19)12-24-20(26)25-15-8-6-14(23)7-9-15/h1-11H,12H2,(H2,24,25,26). The highest BCUT2D eigenvalue weighted by Gasteiger charge is 2.11. The fourth-order valence-corrected chi connectivity index (χ4v) is 3.71. The van der Waals surface area contributed by atoms with Crippen LogP contribution >= 0.6 is 35.0 Å². The van der Waals surface area contributed by atoms with Crippen LogP contribution < -0.4 is 10.6 Å². The van der Waals surface area contributed by atoms with E-state index in [-0.39, 0.29) is 12.4 Å². The number of hydrogen-bond acceptors (Lipinski definition) is 2. The molecule has 0 bridgehead atoms. The molecule has 0 aliphatic rings. The predicted octanol–water partition coefficient (Wildman–Crippen LogP) is 6.61. The minimum absolute atomic E-state index is 0.253. The van der Waals surface area contributed by atoms with Gasteiger partial charge in [0.05, 0.1) is 0 Å². The normalized spacial score (nSPS) is 10.5. The molecular weight excluding hydrogens is 406 g/mol. The van der Waals surface area contributed by atoms with Crippen molar-refractivity contribution in [1.29, 1.82) is 0 Å². The third-order valence-electron chi connectivity index (χ3n) is 3.65. The lowest BCUT2D eigenvalue weighted by Gasteiger charge is -2.13. The summed E-state index contributed by atoms with van der Waals surface area (Å²) in [4.78, 5) is 14.1. The van der Waals surface area contributed by atoms with E-state index >= 15 is 0 Å². The summed E-state index contributed by atoms with van der Waals surface area (Å²) in [5.74, 6) is -0.360. The average Bonchev–Trinajstić information content (AvgIpc) is 2.65. The number of urea groups is 1. The minimum Gasteiger partial charge on any atom is -0.334 e. The highest BCUT2D eigenvalue weighted by molar-refractivity contribution is 7.99.